The maximum absolute atomic E-state index is 14.6. The lowest BCUT2D eigenvalue weighted by molar-refractivity contribution is 0.415. The van der Waals surface area contributed by atoms with E-state index in [1.807, 2.05) is 0 Å². The molecule has 3 rings (SSSR count). The van der Waals surface area contributed by atoms with E-state index in [1.54, 1.807) is 24.3 Å². The summed E-state index contributed by atoms with van der Waals surface area (Å²) in [4.78, 5) is 3.29. The Morgan fingerprint density at radius 1 is 1.00 bits per heavy atom. The third-order valence-corrected chi connectivity index (χ3v) is 5.40. The number of hydrogen-bond donors (Lipinski definition) is 0. The third kappa shape index (κ3) is 3.79. The van der Waals surface area contributed by atoms with Crippen molar-refractivity contribution < 1.29 is 21.9 Å². The van der Waals surface area contributed by atoms with Crippen molar-refractivity contribution in [2.45, 2.75) is 4.90 Å². The molecule has 0 atom stereocenters. The number of hydrogen-bond acceptors (Lipinski definition) is 4. The number of ether oxygens (including phenoxy) is 1. The first-order chi connectivity index (χ1) is 12.7. The Morgan fingerprint density at radius 3 is 2.37 bits per heavy atom. The van der Waals surface area contributed by atoms with Gasteiger partial charge in [-0.25, -0.2) is 17.2 Å². The molecule has 1 aromatic heterocycles. The van der Waals surface area contributed by atoms with Gasteiger partial charge in [-0.15, -0.1) is 0 Å². The van der Waals surface area contributed by atoms with Crippen molar-refractivity contribution in [1.29, 1.82) is 0 Å². The maximum Gasteiger partial charge on any atom is 0.178 e. The molecule has 0 spiro atoms. The molecule has 0 bridgehead atoms. The molecule has 4 nitrogen and oxygen atoms in total. The zero-order chi connectivity index (χ0) is 19.8. The van der Waals surface area contributed by atoms with E-state index in [4.69, 9.17) is 16.3 Å². The van der Waals surface area contributed by atoms with Crippen molar-refractivity contribution in [2.24, 2.45) is 0 Å². The molecular weight excluding hydrogens is 396 g/mol. The first kappa shape index (κ1) is 19.3. The van der Waals surface area contributed by atoms with Crippen LogP contribution in [-0.2, 0) is 9.84 Å². The molecule has 0 aliphatic rings. The number of benzene rings is 2. The van der Waals surface area contributed by atoms with Crippen LogP contribution in [0.2, 0.25) is 5.02 Å². The number of aromatic nitrogens is 1. The van der Waals surface area contributed by atoms with Crippen LogP contribution in [0.4, 0.5) is 8.78 Å². The van der Waals surface area contributed by atoms with Crippen LogP contribution in [0.3, 0.4) is 0 Å². The Morgan fingerprint density at radius 2 is 1.74 bits per heavy atom. The lowest BCUT2D eigenvalue weighted by Crippen LogP contribution is -2.03. The van der Waals surface area contributed by atoms with Crippen molar-refractivity contribution >= 4 is 21.4 Å². The second-order valence-electron chi connectivity index (χ2n) is 5.81. The molecular formula is C19H14ClF2NO3S. The van der Waals surface area contributed by atoms with E-state index < -0.39 is 26.4 Å². The normalized spacial score (nSPS) is 11.4. The summed E-state index contributed by atoms with van der Waals surface area (Å²) in [5.74, 6) is -1.42. The van der Waals surface area contributed by atoms with Gasteiger partial charge in [-0.2, -0.15) is 0 Å². The highest BCUT2D eigenvalue weighted by Gasteiger charge is 2.20. The standard InChI is InChI=1S/C19H14ClF2NO3S/c1-26-18-4-3-11(7-15(18)20)12-5-6-23-10-14(12)13-8-17(22)19(9-16(13)21)27(2,24)25/h3-10H,1-2H3. The van der Waals surface area contributed by atoms with Crippen LogP contribution in [0.1, 0.15) is 0 Å². The number of pyridine rings is 1. The maximum atomic E-state index is 14.6. The number of methoxy groups -OCH3 is 1. The molecule has 3 aromatic rings. The van der Waals surface area contributed by atoms with Crippen molar-refractivity contribution in [3.63, 3.8) is 0 Å². The van der Waals surface area contributed by atoms with Gasteiger partial charge < -0.3 is 4.74 Å². The van der Waals surface area contributed by atoms with Crippen molar-refractivity contribution in [2.75, 3.05) is 13.4 Å². The molecule has 0 saturated carbocycles. The van der Waals surface area contributed by atoms with Gasteiger partial charge in [0.15, 0.2) is 9.84 Å². The topological polar surface area (TPSA) is 56.3 Å². The van der Waals surface area contributed by atoms with Gasteiger partial charge in [0.2, 0.25) is 0 Å². The molecule has 0 N–H and O–H groups in total. The highest BCUT2D eigenvalue weighted by atomic mass is 35.5. The molecule has 1 heterocycles. The van der Waals surface area contributed by atoms with E-state index in [9.17, 15) is 17.2 Å². The molecule has 0 fully saturated rings. The molecule has 0 radical (unpaired) electrons. The van der Waals surface area contributed by atoms with E-state index in [0.717, 1.165) is 12.3 Å². The summed E-state index contributed by atoms with van der Waals surface area (Å²) in [5.41, 5.74) is 1.40. The highest BCUT2D eigenvalue weighted by molar-refractivity contribution is 7.90. The molecule has 0 aliphatic carbocycles. The third-order valence-electron chi connectivity index (χ3n) is 4.00. The molecule has 140 valence electrons. The molecule has 27 heavy (non-hydrogen) atoms. The minimum absolute atomic E-state index is 0.102. The fraction of sp³-hybridized carbons (Fsp3) is 0.105. The Bertz CT molecular complexity index is 1130. The fourth-order valence-corrected chi connectivity index (χ4v) is 3.70. The summed E-state index contributed by atoms with van der Waals surface area (Å²) in [5, 5.41) is 0.358. The van der Waals surface area contributed by atoms with Gasteiger partial charge in [-0.3, -0.25) is 4.98 Å². The van der Waals surface area contributed by atoms with E-state index in [-0.39, 0.29) is 5.56 Å². The van der Waals surface area contributed by atoms with Crippen LogP contribution in [0.25, 0.3) is 22.3 Å². The van der Waals surface area contributed by atoms with Gasteiger partial charge in [0, 0.05) is 29.8 Å². The second kappa shape index (κ2) is 7.25. The van der Waals surface area contributed by atoms with Gasteiger partial charge in [0.1, 0.15) is 22.3 Å². The van der Waals surface area contributed by atoms with E-state index >= 15 is 0 Å². The summed E-state index contributed by atoms with van der Waals surface area (Å²) in [6.07, 6.45) is 3.71. The van der Waals surface area contributed by atoms with Crippen LogP contribution < -0.4 is 4.74 Å². The first-order valence-electron chi connectivity index (χ1n) is 7.69. The Kier molecular flexibility index (Phi) is 5.17. The van der Waals surface area contributed by atoms with E-state index in [1.165, 1.54) is 19.5 Å². The van der Waals surface area contributed by atoms with Gasteiger partial charge in [0.25, 0.3) is 0 Å². The largest absolute Gasteiger partial charge is 0.495 e. The number of nitrogens with zero attached hydrogens (tertiary/aromatic N) is 1. The number of sulfone groups is 1. The minimum Gasteiger partial charge on any atom is -0.495 e. The quantitative estimate of drug-likeness (QED) is 0.623. The molecule has 0 aliphatic heterocycles. The lowest BCUT2D eigenvalue weighted by atomic mass is 9.96. The van der Waals surface area contributed by atoms with Crippen molar-refractivity contribution in [1.82, 2.24) is 4.98 Å². The molecule has 0 amide bonds. The lowest BCUT2D eigenvalue weighted by Gasteiger charge is -2.13. The van der Waals surface area contributed by atoms with Gasteiger partial charge in [-0.05, 0) is 41.5 Å². The Labute approximate surface area is 160 Å². The predicted molar refractivity (Wildman–Crippen MR) is 99.7 cm³/mol. The zero-order valence-electron chi connectivity index (χ0n) is 14.3. The minimum atomic E-state index is -3.89. The van der Waals surface area contributed by atoms with Crippen molar-refractivity contribution in [3.8, 4) is 28.0 Å². The van der Waals surface area contributed by atoms with Crippen LogP contribution in [0, 0.1) is 11.6 Å². The van der Waals surface area contributed by atoms with Crippen molar-refractivity contribution in [3.05, 3.63) is 65.4 Å². The Hall–Kier alpha value is -2.51. The van der Waals surface area contributed by atoms with E-state index in [2.05, 4.69) is 4.98 Å². The fourth-order valence-electron chi connectivity index (χ4n) is 2.71. The summed E-state index contributed by atoms with van der Waals surface area (Å²) in [6.45, 7) is 0. The summed E-state index contributed by atoms with van der Waals surface area (Å²) < 4.78 is 57.2. The van der Waals surface area contributed by atoms with Gasteiger partial charge in [-0.1, -0.05) is 17.7 Å². The predicted octanol–water partition coefficient (Wildman–Crippen LogP) is 4.76. The summed E-state index contributed by atoms with van der Waals surface area (Å²) in [6, 6.07) is 8.19. The zero-order valence-corrected chi connectivity index (χ0v) is 15.9. The van der Waals surface area contributed by atoms with Crippen LogP contribution in [0.15, 0.2) is 53.7 Å². The average molecular weight is 410 g/mol. The first-order valence-corrected chi connectivity index (χ1v) is 9.96. The summed E-state index contributed by atoms with van der Waals surface area (Å²) in [7, 11) is -2.41. The number of halogens is 3. The van der Waals surface area contributed by atoms with Gasteiger partial charge in [0.05, 0.1) is 12.1 Å². The van der Waals surface area contributed by atoms with Gasteiger partial charge >= 0.3 is 0 Å². The van der Waals surface area contributed by atoms with E-state index in [0.29, 0.717) is 33.5 Å². The SMILES string of the molecule is COc1ccc(-c2ccncc2-c2cc(F)c(S(C)(=O)=O)cc2F)cc1Cl. The second-order valence-corrected chi connectivity index (χ2v) is 8.20. The monoisotopic (exact) mass is 409 g/mol. The van der Waals surface area contributed by atoms with Crippen LogP contribution in [-0.4, -0.2) is 26.8 Å². The number of rotatable bonds is 4. The smallest absolute Gasteiger partial charge is 0.178 e. The molecule has 8 heteroatoms. The highest BCUT2D eigenvalue weighted by Crippen LogP contribution is 2.37. The molecule has 2 aromatic carbocycles. The average Bonchev–Trinajstić information content (AvgIpc) is 2.62. The molecule has 0 saturated heterocycles. The van der Waals surface area contributed by atoms with Crippen LogP contribution >= 0.6 is 11.6 Å². The van der Waals surface area contributed by atoms with Crippen LogP contribution in [0.5, 0.6) is 5.75 Å². The summed E-state index contributed by atoms with van der Waals surface area (Å²) >= 11 is 6.16. The molecule has 0 unspecified atom stereocenters. The Balaban J connectivity index is 2.21.